The Morgan fingerprint density at radius 2 is 1.84 bits per heavy atom. The van der Waals surface area contributed by atoms with Crippen molar-refractivity contribution in [2.24, 2.45) is 4.99 Å². The Kier molecular flexibility index (Phi) is 9.92. The molecule has 1 aliphatic rings. The highest BCUT2D eigenvalue weighted by Gasteiger charge is 2.21. The van der Waals surface area contributed by atoms with Gasteiger partial charge in [-0.2, -0.15) is 0 Å². The van der Waals surface area contributed by atoms with Crippen LogP contribution < -0.4 is 15.5 Å². The number of carbonyl (C=O) groups is 1. The van der Waals surface area contributed by atoms with E-state index < -0.39 is 0 Å². The Hall–Kier alpha value is -2.47. The molecule has 2 N–H and O–H groups in total. The Labute approximate surface area is 201 Å². The summed E-state index contributed by atoms with van der Waals surface area (Å²) in [5, 5.41) is 6.36. The molecule has 0 unspecified atom stereocenters. The van der Waals surface area contributed by atoms with E-state index in [1.54, 1.807) is 19.4 Å². The molecule has 9 nitrogen and oxygen atoms in total. The van der Waals surface area contributed by atoms with Gasteiger partial charge in [0.1, 0.15) is 0 Å². The van der Waals surface area contributed by atoms with Crippen LogP contribution in [-0.2, 0) is 11.3 Å². The second kappa shape index (κ2) is 12.4. The maximum absolute atomic E-state index is 12.0. The first-order valence-electron chi connectivity index (χ1n) is 10.1. The van der Waals surface area contributed by atoms with Crippen LogP contribution >= 0.6 is 24.0 Å². The third kappa shape index (κ3) is 7.62. The van der Waals surface area contributed by atoms with Gasteiger partial charge in [0.25, 0.3) is 0 Å². The van der Waals surface area contributed by atoms with Crippen molar-refractivity contribution >= 4 is 47.5 Å². The summed E-state index contributed by atoms with van der Waals surface area (Å²) in [7, 11) is 5.55. The van der Waals surface area contributed by atoms with E-state index >= 15 is 0 Å². The number of piperazine rings is 1. The molecule has 1 amide bonds. The van der Waals surface area contributed by atoms with Gasteiger partial charge in [-0.3, -0.25) is 9.79 Å². The van der Waals surface area contributed by atoms with Gasteiger partial charge in [0, 0.05) is 57.9 Å². The van der Waals surface area contributed by atoms with Gasteiger partial charge in [-0.05, 0) is 37.9 Å². The van der Waals surface area contributed by atoms with Gasteiger partial charge >= 0.3 is 0 Å². The Morgan fingerprint density at radius 3 is 2.48 bits per heavy atom. The van der Waals surface area contributed by atoms with Gasteiger partial charge in [-0.1, -0.05) is 12.1 Å². The molecule has 1 fully saturated rings. The molecular formula is C21H31IN8O. The number of guanidine groups is 1. The number of anilines is 2. The number of nitrogens with one attached hydrogen (secondary N) is 2. The molecule has 1 saturated heterocycles. The Bertz CT molecular complexity index is 853. The predicted molar refractivity (Wildman–Crippen MR) is 135 cm³/mol. The lowest BCUT2D eigenvalue weighted by Crippen LogP contribution is -2.52. The highest BCUT2D eigenvalue weighted by molar-refractivity contribution is 14.0. The molecule has 0 saturated carbocycles. The number of aliphatic imine (C=N–C) groups is 1. The zero-order chi connectivity index (χ0) is 21.3. The Balaban J connectivity index is 0.00000341. The van der Waals surface area contributed by atoms with Crippen LogP contribution in [-0.4, -0.2) is 85.5 Å². The second-order valence-electron chi connectivity index (χ2n) is 7.41. The zero-order valence-corrected chi connectivity index (χ0v) is 20.6. The molecule has 0 atom stereocenters. The lowest BCUT2D eigenvalue weighted by molar-refractivity contribution is -0.116. The van der Waals surface area contributed by atoms with E-state index in [0.29, 0.717) is 13.1 Å². The van der Waals surface area contributed by atoms with E-state index in [4.69, 9.17) is 0 Å². The molecule has 0 radical (unpaired) electrons. The molecular weight excluding hydrogens is 507 g/mol. The van der Waals surface area contributed by atoms with Gasteiger partial charge in [-0.25, -0.2) is 9.97 Å². The lowest BCUT2D eigenvalue weighted by atomic mass is 10.2. The number of hydrogen-bond donors (Lipinski definition) is 2. The molecule has 2 heterocycles. The van der Waals surface area contributed by atoms with E-state index in [9.17, 15) is 4.79 Å². The highest BCUT2D eigenvalue weighted by Crippen LogP contribution is 2.12. The summed E-state index contributed by atoms with van der Waals surface area (Å²) in [4.78, 5) is 31.3. The van der Waals surface area contributed by atoms with Gasteiger partial charge < -0.3 is 25.3 Å². The fourth-order valence-corrected chi connectivity index (χ4v) is 3.33. The maximum Gasteiger partial charge on any atom is 0.238 e. The van der Waals surface area contributed by atoms with E-state index in [1.807, 2.05) is 49.3 Å². The standard InChI is InChI=1S/C21H30N8O.HI/c1-22-20(28-10-12-29(13-11-28)21-23-8-5-9-24-21)25-15-17-6-4-7-18(14-17)26-19(30)16-27(2)3;/h4-9,14H,10-13,15-16H2,1-3H3,(H,22,25)(H,26,30);1H. The average molecular weight is 538 g/mol. The number of aromatic nitrogens is 2. The molecule has 2 aromatic rings. The number of rotatable bonds is 6. The van der Waals surface area contributed by atoms with E-state index in [0.717, 1.165) is 49.3 Å². The van der Waals surface area contributed by atoms with E-state index in [2.05, 4.69) is 35.4 Å². The molecule has 3 rings (SSSR count). The smallest absolute Gasteiger partial charge is 0.238 e. The number of halogens is 1. The largest absolute Gasteiger partial charge is 0.352 e. The van der Waals surface area contributed by atoms with Crippen LogP contribution in [0.5, 0.6) is 0 Å². The fourth-order valence-electron chi connectivity index (χ4n) is 3.33. The van der Waals surface area contributed by atoms with Crippen LogP contribution in [0.15, 0.2) is 47.7 Å². The van der Waals surface area contributed by atoms with Crippen LogP contribution in [0.2, 0.25) is 0 Å². The van der Waals surface area contributed by atoms with Crippen molar-refractivity contribution in [3.05, 3.63) is 48.3 Å². The number of nitrogens with zero attached hydrogens (tertiary/aromatic N) is 6. The van der Waals surface area contributed by atoms with Crippen LogP contribution in [0.3, 0.4) is 0 Å². The molecule has 1 aliphatic heterocycles. The Morgan fingerprint density at radius 1 is 1.13 bits per heavy atom. The molecule has 168 valence electrons. The van der Waals surface area contributed by atoms with Gasteiger partial charge in [0.05, 0.1) is 6.54 Å². The number of carbonyl (C=O) groups excluding carboxylic acids is 1. The van der Waals surface area contributed by atoms with Crippen LogP contribution in [0.1, 0.15) is 5.56 Å². The molecule has 0 bridgehead atoms. The number of amides is 1. The summed E-state index contributed by atoms with van der Waals surface area (Å²) in [6.45, 7) is 4.37. The van der Waals surface area contributed by atoms with Crippen molar-refractivity contribution in [1.29, 1.82) is 0 Å². The van der Waals surface area contributed by atoms with E-state index in [1.165, 1.54) is 0 Å². The summed E-state index contributed by atoms with van der Waals surface area (Å²) in [5.74, 6) is 1.61. The monoisotopic (exact) mass is 538 g/mol. The first kappa shape index (κ1) is 24.8. The molecule has 1 aromatic carbocycles. The first-order chi connectivity index (χ1) is 14.5. The summed E-state index contributed by atoms with van der Waals surface area (Å²) in [6.07, 6.45) is 3.54. The third-order valence-electron chi connectivity index (χ3n) is 4.75. The summed E-state index contributed by atoms with van der Waals surface area (Å²) >= 11 is 0. The second-order valence-corrected chi connectivity index (χ2v) is 7.41. The van der Waals surface area contributed by atoms with Crippen LogP contribution in [0.25, 0.3) is 0 Å². The maximum atomic E-state index is 12.0. The summed E-state index contributed by atoms with van der Waals surface area (Å²) in [6, 6.07) is 9.69. The molecule has 10 heteroatoms. The number of likely N-dealkylation sites (N-methyl/N-ethyl adjacent to an activating group) is 1. The molecule has 1 aromatic heterocycles. The minimum absolute atomic E-state index is 0. The number of benzene rings is 1. The van der Waals surface area contributed by atoms with Crippen LogP contribution in [0, 0.1) is 0 Å². The normalized spacial score (nSPS) is 14.3. The fraction of sp³-hybridized carbons (Fsp3) is 0.429. The average Bonchev–Trinajstić information content (AvgIpc) is 2.75. The van der Waals surface area contributed by atoms with E-state index in [-0.39, 0.29) is 29.9 Å². The quantitative estimate of drug-likeness (QED) is 0.328. The van der Waals surface area contributed by atoms with Crippen molar-refractivity contribution in [3.63, 3.8) is 0 Å². The minimum atomic E-state index is -0.0267. The third-order valence-corrected chi connectivity index (χ3v) is 4.75. The van der Waals surface area contributed by atoms with Gasteiger partial charge in [0.15, 0.2) is 5.96 Å². The van der Waals surface area contributed by atoms with Gasteiger partial charge in [-0.15, -0.1) is 24.0 Å². The van der Waals surface area contributed by atoms with Crippen molar-refractivity contribution in [2.45, 2.75) is 6.54 Å². The minimum Gasteiger partial charge on any atom is -0.352 e. The zero-order valence-electron chi connectivity index (χ0n) is 18.3. The number of hydrogen-bond acceptors (Lipinski definition) is 6. The SMILES string of the molecule is CN=C(NCc1cccc(NC(=O)CN(C)C)c1)N1CCN(c2ncccn2)CC1.I. The molecule has 31 heavy (non-hydrogen) atoms. The van der Waals surface area contributed by atoms with Crippen LogP contribution in [0.4, 0.5) is 11.6 Å². The summed E-state index contributed by atoms with van der Waals surface area (Å²) in [5.41, 5.74) is 1.88. The van der Waals surface area contributed by atoms with Crippen molar-refractivity contribution in [1.82, 2.24) is 25.1 Å². The first-order valence-corrected chi connectivity index (χ1v) is 10.1. The highest BCUT2D eigenvalue weighted by atomic mass is 127. The van der Waals surface area contributed by atoms with Crippen molar-refractivity contribution in [3.8, 4) is 0 Å². The molecule has 0 spiro atoms. The molecule has 0 aliphatic carbocycles. The predicted octanol–water partition coefficient (Wildman–Crippen LogP) is 1.49. The lowest BCUT2D eigenvalue weighted by Gasteiger charge is -2.36. The van der Waals surface area contributed by atoms with Crippen molar-refractivity contribution in [2.75, 3.05) is 64.1 Å². The van der Waals surface area contributed by atoms with Gasteiger partial charge in [0.2, 0.25) is 11.9 Å². The van der Waals surface area contributed by atoms with Crippen molar-refractivity contribution < 1.29 is 4.79 Å². The topological polar surface area (TPSA) is 89.0 Å². The summed E-state index contributed by atoms with van der Waals surface area (Å²) < 4.78 is 0.